The number of pyridine rings is 1. The number of rotatable bonds is 4. The molecule has 0 aliphatic heterocycles. The Morgan fingerprint density at radius 2 is 1.96 bits per heavy atom. The third-order valence-corrected chi connectivity index (χ3v) is 5.68. The summed E-state index contributed by atoms with van der Waals surface area (Å²) in [6, 6.07) is 17.1. The summed E-state index contributed by atoms with van der Waals surface area (Å²) in [4.78, 5) is 19.1. The fourth-order valence-corrected chi connectivity index (χ4v) is 4.07. The minimum Gasteiger partial charge on any atom is -0.478 e. The van der Waals surface area contributed by atoms with E-state index in [0.29, 0.717) is 10.6 Å². The molecule has 27 heavy (non-hydrogen) atoms. The lowest BCUT2D eigenvalue weighted by Crippen LogP contribution is -2.03. The van der Waals surface area contributed by atoms with Gasteiger partial charge in [0.1, 0.15) is 0 Å². The van der Waals surface area contributed by atoms with Crippen LogP contribution in [-0.4, -0.2) is 16.1 Å². The molecule has 0 atom stereocenters. The summed E-state index contributed by atoms with van der Waals surface area (Å²) < 4.78 is 0. The average molecular weight is 393 g/mol. The fraction of sp³-hybridized carbons (Fsp3) is 0.0476. The molecule has 4 nitrogen and oxygen atoms in total. The summed E-state index contributed by atoms with van der Waals surface area (Å²) >= 11 is 6.28. The van der Waals surface area contributed by atoms with Crippen LogP contribution in [0.15, 0.2) is 65.7 Å². The van der Waals surface area contributed by atoms with Crippen molar-refractivity contribution in [1.82, 2.24) is 4.98 Å². The Kier molecular flexibility index (Phi) is 4.59. The molecule has 0 bridgehead atoms. The summed E-state index contributed by atoms with van der Waals surface area (Å²) in [7, 11) is 0. The predicted octanol–water partition coefficient (Wildman–Crippen LogP) is 6.00. The van der Waals surface area contributed by atoms with E-state index in [-0.39, 0.29) is 5.56 Å². The highest BCUT2D eigenvalue weighted by atomic mass is 32.1. The summed E-state index contributed by atoms with van der Waals surface area (Å²) in [5.74, 6) is -0.980. The normalized spacial score (nSPS) is 10.9. The number of hydrogen-bond acceptors (Lipinski definition) is 5. The number of para-hydroxylation sites is 1. The smallest absolute Gasteiger partial charge is 0.337 e. The lowest BCUT2D eigenvalue weighted by Gasteiger charge is -2.14. The van der Waals surface area contributed by atoms with Crippen LogP contribution < -0.4 is 5.32 Å². The van der Waals surface area contributed by atoms with Gasteiger partial charge in [-0.3, -0.25) is 4.98 Å². The van der Waals surface area contributed by atoms with E-state index in [1.165, 1.54) is 9.75 Å². The summed E-state index contributed by atoms with van der Waals surface area (Å²) in [6.45, 7) is 2.08. The SMILES string of the molecule is Cc1ccc(-c2ccc3ncc(S)c(Nc4ccccc4C(=O)O)c3c2)s1. The van der Waals surface area contributed by atoms with Crippen molar-refractivity contribution in [2.24, 2.45) is 0 Å². The lowest BCUT2D eigenvalue weighted by atomic mass is 10.1. The monoisotopic (exact) mass is 392 g/mol. The van der Waals surface area contributed by atoms with E-state index in [0.717, 1.165) is 22.2 Å². The highest BCUT2D eigenvalue weighted by Gasteiger charge is 2.14. The Hall–Kier alpha value is -2.83. The van der Waals surface area contributed by atoms with E-state index in [1.54, 1.807) is 41.8 Å². The fourth-order valence-electron chi connectivity index (χ4n) is 2.97. The average Bonchev–Trinajstić information content (AvgIpc) is 3.10. The highest BCUT2D eigenvalue weighted by Crippen LogP contribution is 2.36. The maximum Gasteiger partial charge on any atom is 0.337 e. The van der Waals surface area contributed by atoms with E-state index in [4.69, 9.17) is 0 Å². The van der Waals surface area contributed by atoms with Crippen molar-refractivity contribution in [3.05, 3.63) is 71.2 Å². The summed E-state index contributed by atoms with van der Waals surface area (Å²) in [5.41, 5.74) is 3.38. The van der Waals surface area contributed by atoms with Crippen LogP contribution in [0, 0.1) is 6.92 Å². The van der Waals surface area contributed by atoms with Gasteiger partial charge in [-0.05, 0) is 48.9 Å². The number of carboxylic acid groups (broad SMARTS) is 1. The van der Waals surface area contributed by atoms with E-state index in [1.807, 2.05) is 12.1 Å². The second kappa shape index (κ2) is 7.06. The van der Waals surface area contributed by atoms with Crippen molar-refractivity contribution in [2.45, 2.75) is 11.8 Å². The summed E-state index contributed by atoms with van der Waals surface area (Å²) in [6.07, 6.45) is 1.67. The number of nitrogens with one attached hydrogen (secondary N) is 1. The number of fused-ring (bicyclic) bond motifs is 1. The molecule has 134 valence electrons. The standard InChI is InChI=1S/C21H16N2O2S2/c1-12-6-9-19(27-12)13-7-8-16-15(10-13)20(18(26)11-22-16)23-17-5-3-2-4-14(17)21(24)25/h2-11,26H,1H3,(H,22,23)(H,24,25). The zero-order valence-electron chi connectivity index (χ0n) is 14.4. The van der Waals surface area contributed by atoms with Crippen molar-refractivity contribution in [3.63, 3.8) is 0 Å². The Morgan fingerprint density at radius 1 is 1.15 bits per heavy atom. The van der Waals surface area contributed by atoms with Crippen molar-refractivity contribution < 1.29 is 9.90 Å². The van der Waals surface area contributed by atoms with Gasteiger partial charge >= 0.3 is 5.97 Å². The molecule has 0 radical (unpaired) electrons. The zero-order chi connectivity index (χ0) is 19.0. The number of carboxylic acids is 1. The quantitative estimate of drug-likeness (QED) is 0.373. The van der Waals surface area contributed by atoms with Crippen molar-refractivity contribution in [1.29, 1.82) is 0 Å². The predicted molar refractivity (Wildman–Crippen MR) is 114 cm³/mol. The van der Waals surface area contributed by atoms with Crippen LogP contribution in [0.3, 0.4) is 0 Å². The van der Waals surface area contributed by atoms with Crippen LogP contribution in [0.25, 0.3) is 21.3 Å². The van der Waals surface area contributed by atoms with E-state index < -0.39 is 5.97 Å². The van der Waals surface area contributed by atoms with Gasteiger partial charge in [0.05, 0.1) is 22.5 Å². The third-order valence-electron chi connectivity index (χ3n) is 4.29. The molecule has 0 fully saturated rings. The molecular formula is C21H16N2O2S2. The number of thiol groups is 1. The van der Waals surface area contributed by atoms with Gasteiger partial charge in [-0.1, -0.05) is 18.2 Å². The molecule has 4 rings (SSSR count). The number of aryl methyl sites for hydroxylation is 1. The topological polar surface area (TPSA) is 62.2 Å². The van der Waals surface area contributed by atoms with Gasteiger partial charge in [0.15, 0.2) is 0 Å². The first-order chi connectivity index (χ1) is 13.0. The maximum atomic E-state index is 11.5. The van der Waals surface area contributed by atoms with Crippen molar-refractivity contribution >= 4 is 52.2 Å². The molecule has 2 aromatic carbocycles. The van der Waals surface area contributed by atoms with Crippen LogP contribution in [0.5, 0.6) is 0 Å². The van der Waals surface area contributed by atoms with E-state index >= 15 is 0 Å². The number of thiophene rings is 1. The molecule has 0 aliphatic rings. The largest absolute Gasteiger partial charge is 0.478 e. The van der Waals surface area contributed by atoms with Gasteiger partial charge in [-0.25, -0.2) is 4.79 Å². The Labute approximate surface area is 165 Å². The minimum atomic E-state index is -0.980. The molecule has 0 aliphatic carbocycles. The molecule has 0 unspecified atom stereocenters. The first-order valence-electron chi connectivity index (χ1n) is 8.31. The number of anilines is 2. The van der Waals surface area contributed by atoms with Gasteiger partial charge < -0.3 is 10.4 Å². The molecule has 2 N–H and O–H groups in total. The second-order valence-electron chi connectivity index (χ2n) is 6.14. The molecular weight excluding hydrogens is 376 g/mol. The molecule has 6 heteroatoms. The molecule has 2 aromatic heterocycles. The molecule has 4 aromatic rings. The molecule has 2 heterocycles. The highest BCUT2D eigenvalue weighted by molar-refractivity contribution is 7.80. The van der Waals surface area contributed by atoms with E-state index in [9.17, 15) is 9.90 Å². The van der Waals surface area contributed by atoms with E-state index in [2.05, 4.69) is 48.1 Å². The third kappa shape index (κ3) is 3.41. The second-order valence-corrected chi connectivity index (χ2v) is 7.91. The first kappa shape index (κ1) is 17.6. The Balaban J connectivity index is 1.87. The van der Waals surface area contributed by atoms with Gasteiger partial charge in [0.2, 0.25) is 0 Å². The number of benzene rings is 2. The Morgan fingerprint density at radius 3 is 2.70 bits per heavy atom. The molecule has 0 amide bonds. The Bertz CT molecular complexity index is 1170. The molecule has 0 saturated carbocycles. The van der Waals surface area contributed by atoms with Crippen molar-refractivity contribution in [3.8, 4) is 10.4 Å². The van der Waals surface area contributed by atoms with Crippen LogP contribution in [-0.2, 0) is 0 Å². The van der Waals surface area contributed by atoms with Gasteiger partial charge in [0.25, 0.3) is 0 Å². The van der Waals surface area contributed by atoms with Gasteiger partial charge in [-0.2, -0.15) is 0 Å². The minimum absolute atomic E-state index is 0.209. The first-order valence-corrected chi connectivity index (χ1v) is 9.57. The van der Waals surface area contributed by atoms with Crippen molar-refractivity contribution in [2.75, 3.05) is 5.32 Å². The van der Waals surface area contributed by atoms with Crippen LogP contribution >= 0.6 is 24.0 Å². The number of carbonyl (C=O) groups is 1. The number of hydrogen-bond donors (Lipinski definition) is 3. The van der Waals surface area contributed by atoms with Crippen LogP contribution in [0.1, 0.15) is 15.2 Å². The summed E-state index contributed by atoms with van der Waals surface area (Å²) in [5, 5.41) is 13.6. The number of nitrogens with zero attached hydrogens (tertiary/aromatic N) is 1. The van der Waals surface area contributed by atoms with Gasteiger partial charge in [0, 0.05) is 26.2 Å². The molecule has 0 saturated heterocycles. The maximum absolute atomic E-state index is 11.5. The number of aromatic carboxylic acids is 1. The lowest BCUT2D eigenvalue weighted by molar-refractivity contribution is 0.0698. The van der Waals surface area contributed by atoms with Gasteiger partial charge in [-0.15, -0.1) is 24.0 Å². The van der Waals surface area contributed by atoms with Crippen LogP contribution in [0.4, 0.5) is 11.4 Å². The number of aromatic nitrogens is 1. The molecule has 0 spiro atoms. The zero-order valence-corrected chi connectivity index (χ0v) is 16.1. The van der Waals surface area contributed by atoms with Crippen LogP contribution in [0.2, 0.25) is 0 Å².